The summed E-state index contributed by atoms with van der Waals surface area (Å²) in [5.41, 5.74) is 1.92. The highest BCUT2D eigenvalue weighted by molar-refractivity contribution is 5.80. The number of hydrogen-bond donors (Lipinski definition) is 1. The first kappa shape index (κ1) is 17.5. The van der Waals surface area contributed by atoms with Gasteiger partial charge in [-0.3, -0.25) is 4.79 Å². The molecule has 0 aliphatic heterocycles. The molecule has 0 radical (unpaired) electrons. The highest BCUT2D eigenvalue weighted by atomic mass is 16.5. The second-order valence-corrected chi connectivity index (χ2v) is 5.79. The fraction of sp³-hybridized carbons (Fsp3) is 0.588. The third kappa shape index (κ3) is 5.05. The average molecular weight is 292 g/mol. The number of nitrogens with one attached hydrogen (secondary N) is 1. The molecule has 0 aliphatic carbocycles. The molecule has 0 amide bonds. The highest BCUT2D eigenvalue weighted by Crippen LogP contribution is 2.18. The Balaban J connectivity index is 2.41. The van der Waals surface area contributed by atoms with Gasteiger partial charge in [-0.15, -0.1) is 0 Å². The van der Waals surface area contributed by atoms with Crippen LogP contribution in [0.4, 0.5) is 5.69 Å². The largest absolute Gasteiger partial charge is 0.468 e. The number of hydrogen-bond acceptors (Lipinski definition) is 4. The van der Waals surface area contributed by atoms with Crippen molar-refractivity contribution in [2.45, 2.75) is 38.6 Å². The summed E-state index contributed by atoms with van der Waals surface area (Å²) in [5, 5.41) is 3.07. The Bertz CT molecular complexity index is 462. The summed E-state index contributed by atoms with van der Waals surface area (Å²) in [7, 11) is 5.34. The molecule has 0 fully saturated rings. The van der Waals surface area contributed by atoms with Crippen LogP contribution in [0.1, 0.15) is 31.7 Å². The lowest BCUT2D eigenvalue weighted by Crippen LogP contribution is -2.48. The van der Waals surface area contributed by atoms with Crippen LogP contribution in [0, 0.1) is 6.92 Å². The zero-order valence-corrected chi connectivity index (χ0v) is 13.9. The zero-order chi connectivity index (χ0) is 15.9. The van der Waals surface area contributed by atoms with Crippen molar-refractivity contribution in [2.75, 3.05) is 32.6 Å². The molecule has 4 heteroatoms. The van der Waals surface area contributed by atoms with Gasteiger partial charge in [0, 0.05) is 19.3 Å². The number of ether oxygens (including phenoxy) is 1. The Morgan fingerprint density at radius 3 is 2.67 bits per heavy atom. The smallest absolute Gasteiger partial charge is 0.325 e. The van der Waals surface area contributed by atoms with Gasteiger partial charge in [-0.2, -0.15) is 0 Å². The molecule has 0 spiro atoms. The van der Waals surface area contributed by atoms with Crippen molar-refractivity contribution in [1.82, 2.24) is 5.32 Å². The van der Waals surface area contributed by atoms with Crippen LogP contribution in [-0.2, 0) is 9.53 Å². The Kier molecular flexibility index (Phi) is 6.69. The topological polar surface area (TPSA) is 41.6 Å². The molecule has 0 saturated heterocycles. The summed E-state index contributed by atoms with van der Waals surface area (Å²) in [6.45, 7) is 4.97. The van der Waals surface area contributed by atoms with E-state index in [0.29, 0.717) is 0 Å². The van der Waals surface area contributed by atoms with Gasteiger partial charge < -0.3 is 15.0 Å². The number of aryl methyl sites for hydroxylation is 1. The van der Waals surface area contributed by atoms with Gasteiger partial charge in [0.05, 0.1) is 7.11 Å². The van der Waals surface area contributed by atoms with Gasteiger partial charge in [-0.25, -0.2) is 0 Å². The number of unbranched alkanes of at least 4 members (excludes halogenated alkanes) is 1. The Hall–Kier alpha value is -1.55. The minimum Gasteiger partial charge on any atom is -0.468 e. The molecule has 0 bridgehead atoms. The van der Waals surface area contributed by atoms with Gasteiger partial charge in [0.25, 0.3) is 0 Å². The number of nitrogens with zero attached hydrogens (tertiary/aromatic N) is 1. The number of esters is 1. The lowest BCUT2D eigenvalue weighted by atomic mass is 9.95. The molecule has 0 aliphatic rings. The summed E-state index contributed by atoms with van der Waals surface area (Å²) in [5.74, 6) is -0.197. The van der Waals surface area contributed by atoms with E-state index in [1.165, 1.54) is 18.4 Å². The summed E-state index contributed by atoms with van der Waals surface area (Å²) in [6.07, 6.45) is 2.79. The Morgan fingerprint density at radius 1 is 1.38 bits per heavy atom. The zero-order valence-electron chi connectivity index (χ0n) is 13.9. The first-order valence-corrected chi connectivity index (χ1v) is 7.48. The van der Waals surface area contributed by atoms with Crippen LogP contribution in [0.3, 0.4) is 0 Å². The second kappa shape index (κ2) is 8.03. The van der Waals surface area contributed by atoms with Crippen molar-refractivity contribution in [2.24, 2.45) is 0 Å². The van der Waals surface area contributed by atoms with E-state index >= 15 is 0 Å². The lowest BCUT2D eigenvalue weighted by Gasteiger charge is -2.26. The van der Waals surface area contributed by atoms with Crippen molar-refractivity contribution in [3.63, 3.8) is 0 Å². The van der Waals surface area contributed by atoms with Crippen molar-refractivity contribution in [1.29, 1.82) is 0 Å². The van der Waals surface area contributed by atoms with Gasteiger partial charge in [-0.05, 0) is 57.9 Å². The van der Waals surface area contributed by atoms with E-state index in [1.807, 2.05) is 6.92 Å². The van der Waals surface area contributed by atoms with E-state index in [9.17, 15) is 4.79 Å². The third-order valence-corrected chi connectivity index (χ3v) is 4.05. The van der Waals surface area contributed by atoms with Crippen LogP contribution in [0.15, 0.2) is 24.3 Å². The predicted octanol–water partition coefficient (Wildman–Crippen LogP) is 2.75. The second-order valence-electron chi connectivity index (χ2n) is 5.79. The minimum absolute atomic E-state index is 0.197. The monoisotopic (exact) mass is 292 g/mol. The summed E-state index contributed by atoms with van der Waals surface area (Å²) >= 11 is 0. The van der Waals surface area contributed by atoms with E-state index < -0.39 is 5.54 Å². The number of carbonyl (C=O) groups is 1. The molecule has 1 atom stereocenters. The van der Waals surface area contributed by atoms with Gasteiger partial charge >= 0.3 is 5.97 Å². The molecule has 21 heavy (non-hydrogen) atoms. The predicted molar refractivity (Wildman–Crippen MR) is 87.8 cm³/mol. The van der Waals surface area contributed by atoms with Crippen molar-refractivity contribution in [3.8, 4) is 0 Å². The van der Waals surface area contributed by atoms with Crippen LogP contribution in [0.2, 0.25) is 0 Å². The van der Waals surface area contributed by atoms with Crippen molar-refractivity contribution >= 4 is 11.7 Å². The SMILES string of the molecule is CNC(C)(CCCCN(C)c1cccc(C)c1)C(=O)OC. The molecule has 118 valence electrons. The minimum atomic E-state index is -0.587. The van der Waals surface area contributed by atoms with Gasteiger partial charge in [0.15, 0.2) is 0 Å². The number of benzene rings is 1. The van der Waals surface area contributed by atoms with Crippen LogP contribution >= 0.6 is 0 Å². The first-order chi connectivity index (χ1) is 9.92. The highest BCUT2D eigenvalue weighted by Gasteiger charge is 2.31. The molecular weight excluding hydrogens is 264 g/mol. The van der Waals surface area contributed by atoms with Crippen molar-refractivity contribution in [3.05, 3.63) is 29.8 Å². The molecule has 0 heterocycles. The molecule has 1 aromatic carbocycles. The number of methoxy groups -OCH3 is 1. The molecule has 1 N–H and O–H groups in total. The standard InChI is InChI=1S/C17H28N2O2/c1-14-9-8-10-15(13-14)19(4)12-7-6-11-17(2,18-3)16(20)21-5/h8-10,13,18H,6-7,11-12H2,1-5H3. The quantitative estimate of drug-likeness (QED) is 0.591. The summed E-state index contributed by atoms with van der Waals surface area (Å²) in [4.78, 5) is 14.0. The Morgan fingerprint density at radius 2 is 2.10 bits per heavy atom. The van der Waals surface area contributed by atoms with Crippen LogP contribution < -0.4 is 10.2 Å². The maximum absolute atomic E-state index is 11.8. The first-order valence-electron chi connectivity index (χ1n) is 7.48. The number of anilines is 1. The summed E-state index contributed by atoms with van der Waals surface area (Å²) < 4.78 is 4.86. The number of rotatable bonds is 8. The molecule has 1 unspecified atom stereocenters. The molecular formula is C17H28N2O2. The molecule has 0 aromatic heterocycles. The lowest BCUT2D eigenvalue weighted by molar-refractivity contribution is -0.148. The van der Waals surface area contributed by atoms with E-state index in [4.69, 9.17) is 4.74 Å². The van der Waals surface area contributed by atoms with Crippen LogP contribution in [0.25, 0.3) is 0 Å². The number of carbonyl (C=O) groups excluding carboxylic acids is 1. The fourth-order valence-electron chi connectivity index (χ4n) is 2.38. The molecule has 0 saturated carbocycles. The number of likely N-dealkylation sites (N-methyl/N-ethyl adjacent to an activating group) is 1. The fourth-order valence-corrected chi connectivity index (χ4v) is 2.38. The van der Waals surface area contributed by atoms with E-state index in [-0.39, 0.29) is 5.97 Å². The van der Waals surface area contributed by atoms with Gasteiger partial charge in [-0.1, -0.05) is 12.1 Å². The van der Waals surface area contributed by atoms with Crippen LogP contribution in [-0.4, -0.2) is 39.3 Å². The van der Waals surface area contributed by atoms with E-state index in [1.54, 1.807) is 7.05 Å². The van der Waals surface area contributed by atoms with Crippen molar-refractivity contribution < 1.29 is 9.53 Å². The van der Waals surface area contributed by atoms with E-state index in [0.717, 1.165) is 25.8 Å². The average Bonchev–Trinajstić information content (AvgIpc) is 2.50. The van der Waals surface area contributed by atoms with Gasteiger partial charge in [0.2, 0.25) is 0 Å². The summed E-state index contributed by atoms with van der Waals surface area (Å²) in [6, 6.07) is 8.49. The maximum atomic E-state index is 11.8. The maximum Gasteiger partial charge on any atom is 0.325 e. The molecule has 4 nitrogen and oxygen atoms in total. The Labute approximate surface area is 128 Å². The van der Waals surface area contributed by atoms with E-state index in [2.05, 4.69) is 48.5 Å². The third-order valence-electron chi connectivity index (χ3n) is 4.05. The van der Waals surface area contributed by atoms with Gasteiger partial charge in [0.1, 0.15) is 5.54 Å². The molecule has 1 rings (SSSR count). The van der Waals surface area contributed by atoms with Crippen LogP contribution in [0.5, 0.6) is 0 Å². The molecule has 1 aromatic rings. The normalized spacial score (nSPS) is 13.6.